The van der Waals surface area contributed by atoms with Gasteiger partial charge in [-0.1, -0.05) is 25.7 Å². The van der Waals surface area contributed by atoms with E-state index in [1.54, 1.807) is 12.1 Å². The Kier molecular flexibility index (Phi) is 7.23. The van der Waals surface area contributed by atoms with Gasteiger partial charge in [0.15, 0.2) is 0 Å². The summed E-state index contributed by atoms with van der Waals surface area (Å²) < 4.78 is 0. The van der Waals surface area contributed by atoms with E-state index in [9.17, 15) is 25.0 Å². The number of nitrogens with one attached hydrogen (secondary N) is 2. The molecule has 3 aromatic rings. The molecular weight excluding hydrogens is 452 g/mol. The van der Waals surface area contributed by atoms with Crippen LogP contribution in [-0.4, -0.2) is 25.7 Å². The molecular formula is C24H28N6O5. The van der Waals surface area contributed by atoms with Gasteiger partial charge >= 0.3 is 0 Å². The zero-order valence-electron chi connectivity index (χ0n) is 19.2. The SMILES string of the molecule is Nc1ccc([N+](=O)[O-])cc1NC(=O)C1CCCC1.O=[N+]([O-])c1ccc2nc(C3CCCC3)[nH]c2c1. The lowest BCUT2D eigenvalue weighted by atomic mass is 10.1. The number of hydrogen-bond acceptors (Lipinski definition) is 7. The molecule has 4 N–H and O–H groups in total. The second-order valence-corrected chi connectivity index (χ2v) is 9.06. The Hall–Kier alpha value is -4.02. The maximum absolute atomic E-state index is 11.9. The number of aromatic nitrogens is 2. The molecule has 2 aliphatic carbocycles. The first-order chi connectivity index (χ1) is 16.8. The Morgan fingerprint density at radius 3 is 2.20 bits per heavy atom. The van der Waals surface area contributed by atoms with Crippen molar-refractivity contribution < 1.29 is 14.6 Å². The van der Waals surface area contributed by atoms with Crippen LogP contribution in [0.1, 0.15) is 63.1 Å². The van der Waals surface area contributed by atoms with Gasteiger partial charge in [0.25, 0.3) is 11.4 Å². The molecule has 11 nitrogen and oxygen atoms in total. The minimum atomic E-state index is -0.509. The average Bonchev–Trinajstić information content (AvgIpc) is 3.61. The minimum Gasteiger partial charge on any atom is -0.397 e. The highest BCUT2D eigenvalue weighted by atomic mass is 16.6. The van der Waals surface area contributed by atoms with E-state index in [2.05, 4.69) is 15.3 Å². The maximum atomic E-state index is 11.9. The van der Waals surface area contributed by atoms with E-state index in [0.717, 1.165) is 42.5 Å². The minimum absolute atomic E-state index is 0.00339. The molecule has 2 saturated carbocycles. The summed E-state index contributed by atoms with van der Waals surface area (Å²) in [6.45, 7) is 0. The number of carbonyl (C=O) groups is 1. The van der Waals surface area contributed by atoms with Gasteiger partial charge in [-0.25, -0.2) is 4.98 Å². The zero-order valence-corrected chi connectivity index (χ0v) is 19.2. The molecule has 35 heavy (non-hydrogen) atoms. The van der Waals surface area contributed by atoms with Crippen LogP contribution in [0.2, 0.25) is 0 Å². The second kappa shape index (κ2) is 10.5. The van der Waals surface area contributed by atoms with Crippen molar-refractivity contribution in [1.29, 1.82) is 0 Å². The molecule has 184 valence electrons. The van der Waals surface area contributed by atoms with Crippen molar-refractivity contribution in [2.45, 2.75) is 57.3 Å². The van der Waals surface area contributed by atoms with Crippen molar-refractivity contribution in [3.8, 4) is 0 Å². The van der Waals surface area contributed by atoms with E-state index in [1.807, 2.05) is 0 Å². The Morgan fingerprint density at radius 2 is 1.54 bits per heavy atom. The number of benzene rings is 2. The molecule has 0 spiro atoms. The fourth-order valence-corrected chi connectivity index (χ4v) is 4.71. The van der Waals surface area contributed by atoms with Crippen LogP contribution in [0.4, 0.5) is 22.7 Å². The molecule has 11 heteroatoms. The first kappa shape index (κ1) is 24.1. The van der Waals surface area contributed by atoms with E-state index in [4.69, 9.17) is 5.73 Å². The van der Waals surface area contributed by atoms with Gasteiger partial charge < -0.3 is 16.0 Å². The van der Waals surface area contributed by atoms with Gasteiger partial charge in [-0.3, -0.25) is 25.0 Å². The quantitative estimate of drug-likeness (QED) is 0.248. The summed E-state index contributed by atoms with van der Waals surface area (Å²) in [5.41, 5.74) is 7.97. The van der Waals surface area contributed by atoms with Crippen molar-refractivity contribution >= 4 is 39.7 Å². The number of nitrogens with zero attached hydrogens (tertiary/aromatic N) is 3. The highest BCUT2D eigenvalue weighted by Crippen LogP contribution is 2.34. The normalized spacial score (nSPS) is 16.1. The standard InChI is InChI=1S/C12H15N3O3.C12H13N3O2/c13-10-6-5-9(15(17)18)7-11(10)14-12(16)8-3-1-2-4-8;16-15(17)9-5-6-10-11(7-9)14-12(13-10)8-3-1-2-4-8/h5-8H,1-4,13H2,(H,14,16);5-8H,1-4H2,(H,13,14). The summed E-state index contributed by atoms with van der Waals surface area (Å²) in [6, 6.07) is 8.82. The number of nitro groups is 2. The summed E-state index contributed by atoms with van der Waals surface area (Å²) in [7, 11) is 0. The summed E-state index contributed by atoms with van der Waals surface area (Å²) >= 11 is 0. The lowest BCUT2D eigenvalue weighted by molar-refractivity contribution is -0.384. The van der Waals surface area contributed by atoms with Crippen LogP contribution in [0, 0.1) is 26.1 Å². The Morgan fingerprint density at radius 1 is 0.943 bits per heavy atom. The van der Waals surface area contributed by atoms with Gasteiger partial charge in [0.1, 0.15) is 5.82 Å². The Labute approximate surface area is 201 Å². The molecule has 0 saturated heterocycles. The van der Waals surface area contributed by atoms with Crippen molar-refractivity contribution in [2.75, 3.05) is 11.1 Å². The van der Waals surface area contributed by atoms with Crippen LogP contribution >= 0.6 is 0 Å². The fourth-order valence-electron chi connectivity index (χ4n) is 4.71. The van der Waals surface area contributed by atoms with E-state index in [-0.39, 0.29) is 28.1 Å². The predicted octanol–water partition coefficient (Wildman–Crippen LogP) is 5.43. The van der Waals surface area contributed by atoms with Crippen LogP contribution in [0.3, 0.4) is 0 Å². The van der Waals surface area contributed by atoms with Gasteiger partial charge in [0.05, 0.1) is 32.3 Å². The molecule has 1 aromatic heterocycles. The molecule has 1 amide bonds. The third kappa shape index (κ3) is 5.73. The number of fused-ring (bicyclic) bond motifs is 1. The van der Waals surface area contributed by atoms with Crippen LogP contribution in [0.5, 0.6) is 0 Å². The maximum Gasteiger partial charge on any atom is 0.271 e. The van der Waals surface area contributed by atoms with Crippen molar-refractivity contribution in [3.63, 3.8) is 0 Å². The number of hydrogen-bond donors (Lipinski definition) is 3. The highest BCUT2D eigenvalue weighted by Gasteiger charge is 2.24. The van der Waals surface area contributed by atoms with Gasteiger partial charge in [-0.15, -0.1) is 0 Å². The van der Waals surface area contributed by atoms with Crippen LogP contribution in [0.25, 0.3) is 11.0 Å². The molecule has 0 radical (unpaired) electrons. The first-order valence-corrected chi connectivity index (χ1v) is 11.8. The molecule has 1 heterocycles. The number of aromatic amines is 1. The molecule has 2 aromatic carbocycles. The smallest absolute Gasteiger partial charge is 0.271 e. The lowest BCUT2D eigenvalue weighted by Gasteiger charge is -2.11. The number of amides is 1. The Bertz CT molecular complexity index is 1240. The third-order valence-corrected chi connectivity index (χ3v) is 6.67. The largest absolute Gasteiger partial charge is 0.397 e. The molecule has 0 unspecified atom stereocenters. The number of anilines is 2. The number of carbonyl (C=O) groups excluding carboxylic acids is 1. The second-order valence-electron chi connectivity index (χ2n) is 9.06. The van der Waals surface area contributed by atoms with Gasteiger partial charge in [0.2, 0.25) is 5.91 Å². The lowest BCUT2D eigenvalue weighted by Crippen LogP contribution is -2.21. The van der Waals surface area contributed by atoms with Crippen LogP contribution in [-0.2, 0) is 4.79 Å². The number of nitrogen functional groups attached to an aromatic ring is 1. The summed E-state index contributed by atoms with van der Waals surface area (Å²) in [6.07, 6.45) is 8.71. The Balaban J connectivity index is 0.000000165. The summed E-state index contributed by atoms with van der Waals surface area (Å²) in [5.74, 6) is 1.39. The van der Waals surface area contributed by atoms with E-state index in [0.29, 0.717) is 17.3 Å². The van der Waals surface area contributed by atoms with Gasteiger partial charge in [-0.2, -0.15) is 0 Å². The van der Waals surface area contributed by atoms with Gasteiger partial charge in [-0.05, 0) is 37.8 Å². The number of H-pyrrole nitrogens is 1. The first-order valence-electron chi connectivity index (χ1n) is 11.8. The van der Waals surface area contributed by atoms with Crippen molar-refractivity contribution in [1.82, 2.24) is 9.97 Å². The van der Waals surface area contributed by atoms with Crippen LogP contribution in [0.15, 0.2) is 36.4 Å². The average molecular weight is 481 g/mol. The molecule has 5 rings (SSSR count). The van der Waals surface area contributed by atoms with E-state index >= 15 is 0 Å². The van der Waals surface area contributed by atoms with E-state index in [1.165, 1.54) is 49.9 Å². The number of nitro benzene ring substituents is 2. The molecule has 0 aliphatic heterocycles. The number of rotatable bonds is 5. The van der Waals surface area contributed by atoms with Crippen molar-refractivity contribution in [2.24, 2.45) is 5.92 Å². The van der Waals surface area contributed by atoms with Crippen molar-refractivity contribution in [3.05, 3.63) is 62.5 Å². The topological polar surface area (TPSA) is 170 Å². The predicted molar refractivity (Wildman–Crippen MR) is 132 cm³/mol. The molecule has 0 bridgehead atoms. The monoisotopic (exact) mass is 480 g/mol. The highest BCUT2D eigenvalue weighted by molar-refractivity contribution is 5.95. The fraction of sp³-hybridized carbons (Fsp3) is 0.417. The number of imidazole rings is 1. The number of nitrogens with two attached hydrogens (primary N) is 1. The number of non-ortho nitro benzene ring substituents is 2. The van der Waals surface area contributed by atoms with Crippen LogP contribution < -0.4 is 11.1 Å². The molecule has 0 atom stereocenters. The van der Waals surface area contributed by atoms with E-state index < -0.39 is 4.92 Å². The molecule has 2 aliphatic rings. The zero-order chi connectivity index (χ0) is 24.9. The van der Waals surface area contributed by atoms with Gasteiger partial charge in [0, 0.05) is 36.1 Å². The summed E-state index contributed by atoms with van der Waals surface area (Å²) in [5, 5.41) is 24.0. The summed E-state index contributed by atoms with van der Waals surface area (Å²) in [4.78, 5) is 40.1. The molecule has 2 fully saturated rings. The third-order valence-electron chi connectivity index (χ3n) is 6.67.